The van der Waals surface area contributed by atoms with E-state index < -0.39 is 17.7 Å². The van der Waals surface area contributed by atoms with Gasteiger partial charge in [-0.15, -0.1) is 0 Å². The molecule has 0 fully saturated rings. The summed E-state index contributed by atoms with van der Waals surface area (Å²) in [6.45, 7) is 7.48. The fraction of sp³-hybridized carbons (Fsp3) is 0.364. The number of carbonyl (C=O) groups is 1. The van der Waals surface area contributed by atoms with Crippen molar-refractivity contribution in [3.63, 3.8) is 0 Å². The quantitative estimate of drug-likeness (QED) is 0.541. The fourth-order valence-corrected chi connectivity index (χ4v) is 4.39. The molecule has 0 amide bonds. The maximum Gasteiger partial charge on any atom is 0.337 e. The Balaban J connectivity index is 2.38. The van der Waals surface area contributed by atoms with Crippen molar-refractivity contribution in [1.29, 1.82) is 0 Å². The van der Waals surface area contributed by atoms with Crippen LogP contribution in [-0.2, 0) is 9.53 Å². The number of carboxylic acid groups (broad SMARTS) is 1. The molecule has 154 valence electrons. The van der Waals surface area contributed by atoms with Gasteiger partial charge in [-0.2, -0.15) is 0 Å². The lowest BCUT2D eigenvalue weighted by Crippen LogP contribution is -2.28. The van der Waals surface area contributed by atoms with Crippen molar-refractivity contribution in [1.82, 2.24) is 4.98 Å². The predicted molar refractivity (Wildman–Crippen MR) is 120 cm³/mol. The standard InChI is InChI=1S/C22H25ClN2O3S/c1-12-11-15-19(29-21(24-15)25(5)6)17(13-7-9-14(23)10-8-13)16(12)18(20(26)27)28-22(2,3)4/h7-11,18H,1-6H3,(H,26,27). The summed E-state index contributed by atoms with van der Waals surface area (Å²) in [4.78, 5) is 18.9. The lowest BCUT2D eigenvalue weighted by molar-refractivity contribution is -0.160. The Bertz CT molecular complexity index is 1050. The van der Waals surface area contributed by atoms with Gasteiger partial charge in [-0.05, 0) is 57.0 Å². The molecule has 1 atom stereocenters. The third-order valence-corrected chi connectivity index (χ3v) is 5.90. The van der Waals surface area contributed by atoms with Gasteiger partial charge >= 0.3 is 5.97 Å². The minimum Gasteiger partial charge on any atom is -0.479 e. The molecule has 1 N–H and O–H groups in total. The topological polar surface area (TPSA) is 62.7 Å². The average molecular weight is 433 g/mol. The summed E-state index contributed by atoms with van der Waals surface area (Å²) < 4.78 is 6.93. The minimum absolute atomic E-state index is 0.621. The highest BCUT2D eigenvalue weighted by Crippen LogP contribution is 2.44. The van der Waals surface area contributed by atoms with Gasteiger partial charge in [-0.25, -0.2) is 9.78 Å². The summed E-state index contributed by atoms with van der Waals surface area (Å²) in [6, 6.07) is 9.37. The third kappa shape index (κ3) is 4.55. The highest BCUT2D eigenvalue weighted by molar-refractivity contribution is 7.22. The van der Waals surface area contributed by atoms with E-state index in [9.17, 15) is 9.90 Å². The number of benzene rings is 2. The number of thiazole rings is 1. The van der Waals surface area contributed by atoms with Crippen LogP contribution in [0, 0.1) is 6.92 Å². The van der Waals surface area contributed by atoms with E-state index in [1.807, 2.05) is 77.0 Å². The van der Waals surface area contributed by atoms with E-state index in [1.165, 1.54) is 11.3 Å². The van der Waals surface area contributed by atoms with Gasteiger partial charge in [-0.3, -0.25) is 0 Å². The first-order valence-corrected chi connectivity index (χ1v) is 10.5. The van der Waals surface area contributed by atoms with Crippen molar-refractivity contribution < 1.29 is 14.6 Å². The number of aromatic nitrogens is 1. The summed E-state index contributed by atoms with van der Waals surface area (Å²) in [5.41, 5.74) is 3.41. The van der Waals surface area contributed by atoms with Crippen molar-refractivity contribution >= 4 is 44.3 Å². The maximum atomic E-state index is 12.3. The number of rotatable bonds is 5. The number of halogens is 1. The van der Waals surface area contributed by atoms with Gasteiger partial charge < -0.3 is 14.7 Å². The number of ether oxygens (including phenoxy) is 1. The second kappa shape index (κ2) is 7.94. The number of aliphatic carboxylic acids is 1. The monoisotopic (exact) mass is 432 g/mol. The zero-order valence-corrected chi connectivity index (χ0v) is 19.0. The SMILES string of the molecule is Cc1cc2nc(N(C)C)sc2c(-c2ccc(Cl)cc2)c1C(OC(C)(C)C)C(=O)O. The molecule has 0 spiro atoms. The first kappa shape index (κ1) is 21.6. The second-order valence-electron chi connectivity index (χ2n) is 8.18. The van der Waals surface area contributed by atoms with Gasteiger partial charge in [0.1, 0.15) is 0 Å². The van der Waals surface area contributed by atoms with E-state index in [0.29, 0.717) is 10.6 Å². The summed E-state index contributed by atoms with van der Waals surface area (Å²) in [6.07, 6.45) is -1.10. The number of nitrogens with zero attached hydrogens (tertiary/aromatic N) is 2. The van der Waals surface area contributed by atoms with E-state index in [0.717, 1.165) is 32.0 Å². The van der Waals surface area contributed by atoms with Gasteiger partial charge in [0.25, 0.3) is 0 Å². The third-order valence-electron chi connectivity index (χ3n) is 4.39. The van der Waals surface area contributed by atoms with Crippen LogP contribution in [0.5, 0.6) is 0 Å². The van der Waals surface area contributed by atoms with Crippen LogP contribution in [0.2, 0.25) is 5.02 Å². The summed E-state index contributed by atoms with van der Waals surface area (Å²) in [7, 11) is 3.88. The van der Waals surface area contributed by atoms with Crippen LogP contribution in [0.3, 0.4) is 0 Å². The van der Waals surface area contributed by atoms with Crippen LogP contribution >= 0.6 is 22.9 Å². The number of aryl methyl sites for hydroxylation is 1. The molecule has 0 aliphatic heterocycles. The number of fused-ring (bicyclic) bond motifs is 1. The van der Waals surface area contributed by atoms with Crippen LogP contribution in [0.1, 0.15) is 38.0 Å². The normalized spacial score (nSPS) is 12.9. The molecular weight excluding hydrogens is 408 g/mol. The maximum absolute atomic E-state index is 12.3. The largest absolute Gasteiger partial charge is 0.479 e. The van der Waals surface area contributed by atoms with Gasteiger partial charge in [0.05, 0.1) is 15.8 Å². The summed E-state index contributed by atoms with van der Waals surface area (Å²) in [5.74, 6) is -1.02. The van der Waals surface area contributed by atoms with Gasteiger partial charge in [0, 0.05) is 30.2 Å². The minimum atomic E-state index is -1.10. The highest BCUT2D eigenvalue weighted by Gasteiger charge is 2.32. The van der Waals surface area contributed by atoms with Crippen molar-refractivity contribution in [2.45, 2.75) is 39.4 Å². The molecule has 0 aliphatic carbocycles. The van der Waals surface area contributed by atoms with Crippen LogP contribution in [0.15, 0.2) is 30.3 Å². The Morgan fingerprint density at radius 3 is 2.38 bits per heavy atom. The molecule has 0 bridgehead atoms. The molecule has 3 rings (SSSR count). The summed E-state index contributed by atoms with van der Waals surface area (Å²) >= 11 is 7.63. The van der Waals surface area contributed by atoms with Gasteiger partial charge in [0.15, 0.2) is 11.2 Å². The molecule has 2 aromatic carbocycles. The van der Waals surface area contributed by atoms with Crippen molar-refractivity contribution in [2.75, 3.05) is 19.0 Å². The van der Waals surface area contributed by atoms with Crippen LogP contribution < -0.4 is 4.90 Å². The van der Waals surface area contributed by atoms with Crippen LogP contribution in [0.4, 0.5) is 5.13 Å². The first-order chi connectivity index (χ1) is 13.5. The van der Waals surface area contributed by atoms with E-state index in [1.54, 1.807) is 0 Å². The van der Waals surface area contributed by atoms with Crippen molar-refractivity contribution in [3.05, 3.63) is 46.5 Å². The molecule has 7 heteroatoms. The Labute approximate surface area is 179 Å². The van der Waals surface area contributed by atoms with Gasteiger partial charge in [-0.1, -0.05) is 35.1 Å². The molecule has 29 heavy (non-hydrogen) atoms. The van der Waals surface area contributed by atoms with Crippen LogP contribution in [0.25, 0.3) is 21.3 Å². The average Bonchev–Trinajstić information content (AvgIpc) is 3.02. The second-order valence-corrected chi connectivity index (χ2v) is 9.59. The Kier molecular flexibility index (Phi) is 5.90. The lowest BCUT2D eigenvalue weighted by Gasteiger charge is -2.28. The van der Waals surface area contributed by atoms with Crippen LogP contribution in [-0.4, -0.2) is 35.8 Å². The molecular formula is C22H25ClN2O3S. The fourth-order valence-electron chi connectivity index (χ4n) is 3.22. The molecule has 1 aromatic heterocycles. The lowest BCUT2D eigenvalue weighted by atomic mass is 9.91. The van der Waals surface area contributed by atoms with Gasteiger partial charge in [0.2, 0.25) is 0 Å². The molecule has 3 aromatic rings. The molecule has 0 saturated heterocycles. The molecule has 5 nitrogen and oxygen atoms in total. The van der Waals surface area contributed by atoms with E-state index >= 15 is 0 Å². The molecule has 1 heterocycles. The zero-order chi connectivity index (χ0) is 21.5. The number of hydrogen-bond donors (Lipinski definition) is 1. The van der Waals surface area contributed by atoms with Crippen molar-refractivity contribution in [2.24, 2.45) is 0 Å². The number of hydrogen-bond acceptors (Lipinski definition) is 5. The highest BCUT2D eigenvalue weighted by atomic mass is 35.5. The van der Waals surface area contributed by atoms with E-state index in [2.05, 4.69) is 0 Å². The van der Waals surface area contributed by atoms with Crippen molar-refractivity contribution in [3.8, 4) is 11.1 Å². The first-order valence-electron chi connectivity index (χ1n) is 9.26. The number of anilines is 1. The number of carboxylic acids is 1. The van der Waals surface area contributed by atoms with E-state index in [4.69, 9.17) is 21.3 Å². The smallest absolute Gasteiger partial charge is 0.337 e. The Hall–Kier alpha value is -2.15. The Morgan fingerprint density at radius 1 is 1.24 bits per heavy atom. The zero-order valence-electron chi connectivity index (χ0n) is 17.4. The molecule has 0 radical (unpaired) electrons. The predicted octanol–water partition coefficient (Wildman–Crippen LogP) is 5.93. The molecule has 1 unspecified atom stereocenters. The van der Waals surface area contributed by atoms with E-state index in [-0.39, 0.29) is 0 Å². The summed E-state index contributed by atoms with van der Waals surface area (Å²) in [5, 5.41) is 11.5. The Morgan fingerprint density at radius 2 is 1.86 bits per heavy atom. The molecule has 0 aliphatic rings. The molecule has 0 saturated carbocycles.